The van der Waals surface area contributed by atoms with E-state index in [1.807, 2.05) is 0 Å². The Morgan fingerprint density at radius 2 is 1.69 bits per heavy atom. The lowest BCUT2D eigenvalue weighted by Crippen LogP contribution is -2.32. The number of halogens is 1. The summed E-state index contributed by atoms with van der Waals surface area (Å²) in [5.41, 5.74) is 6.48. The fourth-order valence-corrected chi connectivity index (χ4v) is 4.74. The van der Waals surface area contributed by atoms with Crippen LogP contribution >= 0.6 is 0 Å². The number of aliphatic imine (C=N–C) groups is 1. The molecule has 0 saturated carbocycles. The molecule has 2 heterocycles. The Morgan fingerprint density at radius 1 is 1.03 bits per heavy atom. The number of carbonyl (C=O) groups is 3. The van der Waals surface area contributed by atoms with E-state index in [4.69, 9.17) is 43.4 Å². The van der Waals surface area contributed by atoms with E-state index in [1.165, 1.54) is 52.6 Å². The Morgan fingerprint density at radius 3 is 2.27 bits per heavy atom. The topological polar surface area (TPSA) is 277 Å². The molecule has 336 valence electrons. The molecule has 0 unspecified atom stereocenters. The van der Waals surface area contributed by atoms with E-state index in [-0.39, 0.29) is 72.9 Å². The van der Waals surface area contributed by atoms with Crippen LogP contribution in [0.25, 0.3) is 5.95 Å². The molecule has 0 spiro atoms. The number of amidine groups is 1. The quantitative estimate of drug-likeness (QED) is 0.0164. The minimum absolute atomic E-state index is 0.00962. The number of anilines is 1. The van der Waals surface area contributed by atoms with Crippen molar-refractivity contribution in [2.75, 3.05) is 58.5 Å². The van der Waals surface area contributed by atoms with E-state index < -0.39 is 52.2 Å². The summed E-state index contributed by atoms with van der Waals surface area (Å²) in [4.78, 5) is 52.9. The van der Waals surface area contributed by atoms with Crippen LogP contribution in [0.4, 0.5) is 14.9 Å². The summed E-state index contributed by atoms with van der Waals surface area (Å²) < 4.78 is 81.9. The zero-order chi connectivity index (χ0) is 46.0. The van der Waals surface area contributed by atoms with Gasteiger partial charge in [0, 0.05) is 49.3 Å². The van der Waals surface area contributed by atoms with Crippen molar-refractivity contribution in [1.82, 2.24) is 24.7 Å². The number of nitrogens with one attached hydrogen (secondary N) is 1. The molecular weight excluding hydrogens is 840 g/mol. The number of hydrogen-bond acceptors (Lipinski definition) is 17. The van der Waals surface area contributed by atoms with Crippen LogP contribution in [0.1, 0.15) is 57.6 Å². The molecule has 62 heavy (non-hydrogen) atoms. The molecule has 0 aliphatic carbocycles. The second kappa shape index (κ2) is 23.3. The van der Waals surface area contributed by atoms with Gasteiger partial charge >= 0.3 is 24.0 Å². The molecule has 4 aromatic rings. The van der Waals surface area contributed by atoms with Gasteiger partial charge in [-0.05, 0) is 69.7 Å². The van der Waals surface area contributed by atoms with Crippen LogP contribution in [0, 0.1) is 11.2 Å². The third-order valence-corrected chi connectivity index (χ3v) is 8.50. The molecule has 4 N–H and O–H groups in total. The van der Waals surface area contributed by atoms with Gasteiger partial charge in [-0.3, -0.25) is 14.1 Å². The van der Waals surface area contributed by atoms with Gasteiger partial charge in [0.25, 0.3) is 16.1 Å². The summed E-state index contributed by atoms with van der Waals surface area (Å²) in [6, 6.07) is 9.30. The van der Waals surface area contributed by atoms with Crippen LogP contribution in [0.3, 0.4) is 0 Å². The van der Waals surface area contributed by atoms with Gasteiger partial charge in [-0.15, -0.1) is 9.78 Å². The minimum atomic E-state index is -3.66. The fraction of sp³-hybridized carbons (Fsp3) is 0.385. The number of hydrogen-bond donors (Lipinski definition) is 3. The van der Waals surface area contributed by atoms with Gasteiger partial charge in [0.05, 0.1) is 24.9 Å². The van der Waals surface area contributed by atoms with E-state index >= 15 is 4.39 Å². The highest BCUT2D eigenvalue weighted by molar-refractivity contribution is 7.85. The van der Waals surface area contributed by atoms with Gasteiger partial charge in [0.2, 0.25) is 6.79 Å². The number of rotatable bonds is 20. The van der Waals surface area contributed by atoms with Gasteiger partial charge in [0.15, 0.2) is 17.4 Å². The van der Waals surface area contributed by atoms with Crippen LogP contribution in [-0.4, -0.2) is 115 Å². The molecule has 1 atom stereocenters. The Bertz CT molecular complexity index is 2290. The first-order valence-electron chi connectivity index (χ1n) is 18.4. The highest BCUT2D eigenvalue weighted by Gasteiger charge is 2.31. The lowest BCUT2D eigenvalue weighted by atomic mass is 9.95. The van der Waals surface area contributed by atoms with Crippen molar-refractivity contribution in [1.29, 1.82) is 0 Å². The Labute approximate surface area is 357 Å². The summed E-state index contributed by atoms with van der Waals surface area (Å²) in [6.45, 7) is 10.5. The van der Waals surface area contributed by atoms with Crippen molar-refractivity contribution in [3.05, 3.63) is 89.8 Å². The van der Waals surface area contributed by atoms with Crippen molar-refractivity contribution in [2.45, 2.75) is 40.7 Å². The summed E-state index contributed by atoms with van der Waals surface area (Å²) in [5.74, 6) is -2.28. The van der Waals surface area contributed by atoms with Crippen molar-refractivity contribution in [3.63, 3.8) is 0 Å². The molecule has 0 bridgehead atoms. The van der Waals surface area contributed by atoms with Crippen LogP contribution < -0.4 is 25.3 Å². The maximum absolute atomic E-state index is 16.5. The molecule has 2 aromatic carbocycles. The van der Waals surface area contributed by atoms with E-state index in [2.05, 4.69) is 36.9 Å². The summed E-state index contributed by atoms with van der Waals surface area (Å²) in [5, 5.41) is 7.81. The van der Waals surface area contributed by atoms with E-state index in [1.54, 1.807) is 51.1 Å². The fourth-order valence-electron chi connectivity index (χ4n) is 4.74. The molecular formula is C39H49FN8O13S. The zero-order valence-corrected chi connectivity index (χ0v) is 35.9. The third-order valence-electron chi connectivity index (χ3n) is 7.77. The van der Waals surface area contributed by atoms with Gasteiger partial charge in [-0.2, -0.15) is 18.4 Å². The SMILES string of the molecule is C=C(C)COC(=O)/N=C(\N)c1ccc(N[C@@H](c2nc(OCOC(=O)C(C)(C)COC)n(-c3ncccn3)n2)c2cc(OC)cc(OCCOC(C)=O)c2F)cc1.CCS(=O)(=O)O. The largest absolute Gasteiger partial charge is 0.497 e. The monoisotopic (exact) mass is 888 g/mol. The Hall–Kier alpha value is -6.72. The van der Waals surface area contributed by atoms with Crippen molar-refractivity contribution in [2.24, 2.45) is 16.1 Å². The van der Waals surface area contributed by atoms with E-state index in [0.717, 1.165) is 4.68 Å². The molecule has 2 aromatic heterocycles. The van der Waals surface area contributed by atoms with E-state index in [0.29, 0.717) is 16.8 Å². The second-order valence-corrected chi connectivity index (χ2v) is 15.2. The number of esters is 2. The number of methoxy groups -OCH3 is 2. The summed E-state index contributed by atoms with van der Waals surface area (Å²) in [7, 11) is -0.807. The normalized spacial score (nSPS) is 11.9. The molecule has 4 rings (SSSR count). The van der Waals surface area contributed by atoms with Crippen molar-refractivity contribution in [3.8, 4) is 23.5 Å². The maximum atomic E-state index is 16.5. The van der Waals surface area contributed by atoms with Gasteiger partial charge in [-0.1, -0.05) is 6.58 Å². The number of nitrogens with zero attached hydrogens (tertiary/aromatic N) is 6. The first kappa shape index (κ1) is 49.6. The highest BCUT2D eigenvalue weighted by atomic mass is 32.2. The maximum Gasteiger partial charge on any atom is 0.435 e. The number of carbonyl (C=O) groups excluding carboxylic acids is 3. The zero-order valence-electron chi connectivity index (χ0n) is 35.1. The molecule has 23 heteroatoms. The molecule has 0 radical (unpaired) electrons. The first-order valence-corrected chi connectivity index (χ1v) is 20.0. The number of benzene rings is 2. The molecule has 0 aliphatic rings. The van der Waals surface area contributed by atoms with Crippen LogP contribution in [-0.2, 0) is 38.7 Å². The second-order valence-electron chi connectivity index (χ2n) is 13.5. The van der Waals surface area contributed by atoms with E-state index in [9.17, 15) is 22.8 Å². The van der Waals surface area contributed by atoms with Crippen molar-refractivity contribution >= 4 is 39.7 Å². The Balaban J connectivity index is 0.00000159. The number of nitrogens with two attached hydrogens (primary N) is 1. The average molecular weight is 889 g/mol. The number of ether oxygens (including phenoxy) is 7. The summed E-state index contributed by atoms with van der Waals surface area (Å²) in [6.07, 6.45) is 2.05. The number of aromatic nitrogens is 5. The Kier molecular flexibility index (Phi) is 18.7. The molecule has 21 nitrogen and oxygen atoms in total. The highest BCUT2D eigenvalue weighted by Crippen LogP contribution is 2.36. The predicted octanol–water partition coefficient (Wildman–Crippen LogP) is 4.21. The minimum Gasteiger partial charge on any atom is -0.497 e. The molecule has 0 saturated heterocycles. The number of amides is 1. The standard InChI is InChI=1S/C37H43FN8O10.C2H6O3S/c1-22(2)19-54-36(49)43-31(39)24-9-11-25(12-10-24)42-30(27-17-26(51-7)18-28(29(27)38)53-16-15-52-23(3)47)32-44-35(46(45-32)34-40-13-8-14-41-34)56-21-55-33(48)37(4,5)20-50-6;1-2-6(3,4)5/h8-14,17-18,30,42H,1,15-16,19-21H2,2-7H3,(H2,39,43,49);2H2,1H3,(H,3,4,5)/t30-;/m1./s1. The van der Waals surface area contributed by atoms with Crippen LogP contribution in [0.15, 0.2) is 72.0 Å². The predicted molar refractivity (Wildman–Crippen MR) is 220 cm³/mol. The van der Waals surface area contributed by atoms with Gasteiger partial charge in [0.1, 0.15) is 37.4 Å². The van der Waals surface area contributed by atoms with Crippen LogP contribution in [0.5, 0.6) is 17.5 Å². The summed E-state index contributed by atoms with van der Waals surface area (Å²) >= 11 is 0. The third kappa shape index (κ3) is 15.7. The van der Waals surface area contributed by atoms with Crippen molar-refractivity contribution < 1.29 is 64.9 Å². The lowest BCUT2D eigenvalue weighted by molar-refractivity contribution is -0.163. The van der Waals surface area contributed by atoms with Gasteiger partial charge in [-0.25, -0.2) is 19.2 Å². The van der Waals surface area contributed by atoms with Gasteiger partial charge < -0.3 is 44.2 Å². The average Bonchev–Trinajstić information content (AvgIpc) is 3.65. The molecule has 0 fully saturated rings. The first-order chi connectivity index (χ1) is 29.3. The molecule has 1 amide bonds. The molecule has 0 aliphatic heterocycles. The smallest absolute Gasteiger partial charge is 0.435 e. The van der Waals surface area contributed by atoms with Crippen LogP contribution in [0.2, 0.25) is 0 Å². The lowest BCUT2D eigenvalue weighted by Gasteiger charge is -2.21.